The zero-order chi connectivity index (χ0) is 19.4. The van der Waals surface area contributed by atoms with E-state index in [4.69, 9.17) is 0 Å². The van der Waals surface area contributed by atoms with E-state index < -0.39 is 5.91 Å². The third-order valence-electron chi connectivity index (χ3n) is 4.04. The molecule has 0 bridgehead atoms. The Kier molecular flexibility index (Phi) is 5.71. The zero-order valence-electron chi connectivity index (χ0n) is 14.7. The largest absolute Gasteiger partial charge is 0.345 e. The summed E-state index contributed by atoms with van der Waals surface area (Å²) in [6.45, 7) is 1.62. The van der Waals surface area contributed by atoms with Crippen LogP contribution in [-0.4, -0.2) is 22.9 Å². The van der Waals surface area contributed by atoms with Crippen LogP contribution in [0.1, 0.15) is 5.56 Å². The lowest BCUT2D eigenvalue weighted by molar-refractivity contribution is -0.124. The summed E-state index contributed by atoms with van der Waals surface area (Å²) in [7, 11) is 0. The van der Waals surface area contributed by atoms with Crippen LogP contribution >= 0.6 is 15.9 Å². The van der Waals surface area contributed by atoms with Crippen LogP contribution < -0.4 is 16.2 Å². The van der Waals surface area contributed by atoms with Crippen LogP contribution in [0.15, 0.2) is 64.0 Å². The number of rotatable bonds is 5. The first-order valence-corrected chi connectivity index (χ1v) is 9.14. The van der Waals surface area contributed by atoms with Gasteiger partial charge in [0.05, 0.1) is 12.2 Å². The first kappa shape index (κ1) is 18.8. The first-order valence-electron chi connectivity index (χ1n) is 8.35. The van der Waals surface area contributed by atoms with Crippen LogP contribution in [0.5, 0.6) is 0 Å². The summed E-state index contributed by atoms with van der Waals surface area (Å²) in [6, 6.07) is 14.5. The lowest BCUT2D eigenvalue weighted by Gasteiger charge is -2.10. The predicted octanol–water partition coefficient (Wildman–Crippen LogP) is 2.83. The molecule has 0 aliphatic rings. The van der Waals surface area contributed by atoms with Crippen molar-refractivity contribution in [3.05, 3.63) is 75.1 Å². The van der Waals surface area contributed by atoms with Crippen molar-refractivity contribution in [1.82, 2.24) is 9.88 Å². The molecule has 138 valence electrons. The number of fused-ring (bicyclic) bond motifs is 1. The molecule has 6 nitrogen and oxygen atoms in total. The van der Waals surface area contributed by atoms with Crippen LogP contribution in [0.4, 0.5) is 5.69 Å². The molecule has 0 radical (unpaired) electrons. The van der Waals surface area contributed by atoms with Gasteiger partial charge in [0.1, 0.15) is 6.54 Å². The number of hydrogen-bond acceptors (Lipinski definition) is 3. The van der Waals surface area contributed by atoms with E-state index in [1.54, 1.807) is 30.5 Å². The first-order chi connectivity index (χ1) is 12.9. The molecule has 0 unspecified atom stereocenters. The second-order valence-corrected chi connectivity index (χ2v) is 7.00. The maximum absolute atomic E-state index is 12.4. The summed E-state index contributed by atoms with van der Waals surface area (Å²) in [5.41, 5.74) is 1.45. The zero-order valence-corrected chi connectivity index (χ0v) is 16.2. The minimum absolute atomic E-state index is 0.148. The van der Waals surface area contributed by atoms with E-state index in [1.807, 2.05) is 31.2 Å². The number of aryl methyl sites for hydroxylation is 1. The lowest BCUT2D eigenvalue weighted by Crippen LogP contribution is -2.37. The van der Waals surface area contributed by atoms with Crippen molar-refractivity contribution >= 4 is 44.2 Å². The van der Waals surface area contributed by atoms with Gasteiger partial charge in [0.25, 0.3) is 5.56 Å². The third kappa shape index (κ3) is 4.62. The van der Waals surface area contributed by atoms with Crippen molar-refractivity contribution in [2.75, 3.05) is 11.9 Å². The van der Waals surface area contributed by atoms with Gasteiger partial charge in [0, 0.05) is 16.1 Å². The standard InChI is InChI=1S/C20H18BrN3O3/c1-13-6-7-17(16(21)10-13)23-18(25)11-22-19(26)12-24-9-8-14-4-2-3-5-15(14)20(24)27/h2-10H,11-12H2,1H3,(H,22,26)(H,23,25). The fourth-order valence-electron chi connectivity index (χ4n) is 2.66. The summed E-state index contributed by atoms with van der Waals surface area (Å²) in [5.74, 6) is -0.760. The van der Waals surface area contributed by atoms with Gasteiger partial charge in [-0.1, -0.05) is 24.3 Å². The molecule has 3 aromatic rings. The maximum Gasteiger partial charge on any atom is 0.258 e. The Balaban J connectivity index is 1.59. The second-order valence-electron chi connectivity index (χ2n) is 6.14. The van der Waals surface area contributed by atoms with Crippen LogP contribution in [0.3, 0.4) is 0 Å². The molecular weight excluding hydrogens is 410 g/mol. The van der Waals surface area contributed by atoms with Gasteiger partial charge in [-0.2, -0.15) is 0 Å². The SMILES string of the molecule is Cc1ccc(NC(=O)CNC(=O)Cn2ccc3ccccc3c2=O)c(Br)c1. The fourth-order valence-corrected chi connectivity index (χ4v) is 3.25. The number of amides is 2. The van der Waals surface area contributed by atoms with Crippen molar-refractivity contribution in [2.24, 2.45) is 0 Å². The van der Waals surface area contributed by atoms with E-state index in [0.29, 0.717) is 11.1 Å². The number of pyridine rings is 1. The molecule has 2 aromatic carbocycles. The highest BCUT2D eigenvalue weighted by atomic mass is 79.9. The second kappa shape index (κ2) is 8.18. The van der Waals surface area contributed by atoms with Gasteiger partial charge in [0.2, 0.25) is 11.8 Å². The molecule has 0 atom stereocenters. The average Bonchev–Trinajstić information content (AvgIpc) is 2.65. The monoisotopic (exact) mass is 427 g/mol. The van der Waals surface area contributed by atoms with E-state index in [-0.39, 0.29) is 24.6 Å². The molecule has 27 heavy (non-hydrogen) atoms. The molecule has 0 aliphatic heterocycles. The minimum Gasteiger partial charge on any atom is -0.345 e. The molecule has 1 heterocycles. The molecule has 0 saturated carbocycles. The number of hydrogen-bond donors (Lipinski definition) is 2. The molecule has 0 fully saturated rings. The molecule has 1 aromatic heterocycles. The van der Waals surface area contributed by atoms with Crippen molar-refractivity contribution in [3.63, 3.8) is 0 Å². The molecular formula is C20H18BrN3O3. The molecule has 0 aliphatic carbocycles. The van der Waals surface area contributed by atoms with Gasteiger partial charge in [-0.15, -0.1) is 0 Å². The van der Waals surface area contributed by atoms with Crippen LogP contribution in [-0.2, 0) is 16.1 Å². The molecule has 0 saturated heterocycles. The summed E-state index contributed by atoms with van der Waals surface area (Å²) in [5, 5.41) is 6.63. The number of nitrogens with one attached hydrogen (secondary N) is 2. The van der Waals surface area contributed by atoms with E-state index in [1.165, 1.54) is 4.57 Å². The summed E-state index contributed by atoms with van der Waals surface area (Å²) >= 11 is 3.39. The Morgan fingerprint density at radius 2 is 1.85 bits per heavy atom. The molecule has 3 rings (SSSR count). The van der Waals surface area contributed by atoms with Gasteiger partial charge >= 0.3 is 0 Å². The Morgan fingerprint density at radius 1 is 1.07 bits per heavy atom. The van der Waals surface area contributed by atoms with Gasteiger partial charge in [-0.05, 0) is 58.1 Å². The average molecular weight is 428 g/mol. The van der Waals surface area contributed by atoms with Crippen molar-refractivity contribution in [2.45, 2.75) is 13.5 Å². The number of halogens is 1. The lowest BCUT2D eigenvalue weighted by atomic mass is 10.2. The molecule has 0 spiro atoms. The number of nitrogens with zero attached hydrogens (tertiary/aromatic N) is 1. The van der Waals surface area contributed by atoms with Crippen molar-refractivity contribution in [1.29, 1.82) is 0 Å². The van der Waals surface area contributed by atoms with Gasteiger partial charge in [-0.3, -0.25) is 14.4 Å². The predicted molar refractivity (Wildman–Crippen MR) is 109 cm³/mol. The number of anilines is 1. The van der Waals surface area contributed by atoms with E-state index in [2.05, 4.69) is 26.6 Å². The quantitative estimate of drug-likeness (QED) is 0.656. The highest BCUT2D eigenvalue weighted by molar-refractivity contribution is 9.10. The van der Waals surface area contributed by atoms with Crippen LogP contribution in [0, 0.1) is 6.92 Å². The summed E-state index contributed by atoms with van der Waals surface area (Å²) in [4.78, 5) is 36.5. The smallest absolute Gasteiger partial charge is 0.258 e. The van der Waals surface area contributed by atoms with E-state index in [0.717, 1.165) is 15.4 Å². The maximum atomic E-state index is 12.4. The normalized spacial score (nSPS) is 10.6. The summed E-state index contributed by atoms with van der Waals surface area (Å²) in [6.07, 6.45) is 1.58. The van der Waals surface area contributed by atoms with Crippen molar-refractivity contribution in [3.8, 4) is 0 Å². The Bertz CT molecular complexity index is 1080. The number of benzene rings is 2. The van der Waals surface area contributed by atoms with Crippen LogP contribution in [0.2, 0.25) is 0 Å². The van der Waals surface area contributed by atoms with Crippen molar-refractivity contribution < 1.29 is 9.59 Å². The van der Waals surface area contributed by atoms with Gasteiger partial charge in [-0.25, -0.2) is 0 Å². The Morgan fingerprint density at radius 3 is 2.63 bits per heavy atom. The van der Waals surface area contributed by atoms with E-state index in [9.17, 15) is 14.4 Å². The van der Waals surface area contributed by atoms with E-state index >= 15 is 0 Å². The fraction of sp³-hybridized carbons (Fsp3) is 0.150. The van der Waals surface area contributed by atoms with Crippen LogP contribution in [0.25, 0.3) is 10.8 Å². The van der Waals surface area contributed by atoms with Gasteiger partial charge in [0.15, 0.2) is 0 Å². The highest BCUT2D eigenvalue weighted by Crippen LogP contribution is 2.23. The Hall–Kier alpha value is -2.93. The molecule has 2 N–H and O–H groups in total. The minimum atomic E-state index is -0.412. The Labute approximate surface area is 164 Å². The summed E-state index contributed by atoms with van der Waals surface area (Å²) < 4.78 is 2.09. The molecule has 2 amide bonds. The number of carbonyl (C=O) groups excluding carboxylic acids is 2. The molecule has 7 heteroatoms. The number of carbonyl (C=O) groups is 2. The van der Waals surface area contributed by atoms with Gasteiger partial charge < -0.3 is 15.2 Å². The number of aromatic nitrogens is 1. The highest BCUT2D eigenvalue weighted by Gasteiger charge is 2.10. The topological polar surface area (TPSA) is 80.2 Å². The third-order valence-corrected chi connectivity index (χ3v) is 4.70.